The highest BCUT2D eigenvalue weighted by molar-refractivity contribution is 5.78. The van der Waals surface area contributed by atoms with Crippen LogP contribution in [0, 0.1) is 0 Å². The number of hydrogen-bond acceptors (Lipinski definition) is 5. The summed E-state index contributed by atoms with van der Waals surface area (Å²) in [7, 11) is 2.00. The quantitative estimate of drug-likeness (QED) is 0.683. The van der Waals surface area contributed by atoms with E-state index >= 15 is 0 Å². The number of aromatic nitrogens is 6. The summed E-state index contributed by atoms with van der Waals surface area (Å²) in [4.78, 5) is 22.8. The van der Waals surface area contributed by atoms with Gasteiger partial charge in [-0.05, 0) is 24.5 Å². The number of nitrogens with zero attached hydrogens (tertiary/aromatic N) is 7. The molecule has 8 nitrogen and oxygen atoms in total. The van der Waals surface area contributed by atoms with Crippen molar-refractivity contribution in [1.29, 1.82) is 0 Å². The van der Waals surface area contributed by atoms with Crippen molar-refractivity contribution in [2.75, 3.05) is 13.1 Å². The molecule has 4 heterocycles. The van der Waals surface area contributed by atoms with Gasteiger partial charge >= 0.3 is 0 Å². The average molecular weight is 365 g/mol. The first kappa shape index (κ1) is 17.4. The summed E-state index contributed by atoms with van der Waals surface area (Å²) in [6.07, 6.45) is 11.3. The molecule has 8 heteroatoms. The molecule has 0 N–H and O–H groups in total. The number of amides is 1. The molecule has 1 aliphatic rings. The zero-order chi connectivity index (χ0) is 18.6. The average Bonchev–Trinajstić information content (AvgIpc) is 3.33. The van der Waals surface area contributed by atoms with Gasteiger partial charge in [-0.15, -0.1) is 10.2 Å². The van der Waals surface area contributed by atoms with Gasteiger partial charge in [0, 0.05) is 50.8 Å². The molecular formula is C19H23N7O. The predicted octanol–water partition coefficient (Wildman–Crippen LogP) is 1.40. The number of carbonyl (C=O) groups excluding carboxylic acids is 1. The van der Waals surface area contributed by atoms with Crippen molar-refractivity contribution in [3.05, 3.63) is 60.5 Å². The monoisotopic (exact) mass is 365 g/mol. The minimum atomic E-state index is 0.147. The lowest BCUT2D eigenvalue weighted by Gasteiger charge is -2.32. The Bertz CT molecular complexity index is 888. The van der Waals surface area contributed by atoms with Crippen LogP contribution in [0.4, 0.5) is 0 Å². The van der Waals surface area contributed by atoms with Crippen molar-refractivity contribution < 1.29 is 4.79 Å². The van der Waals surface area contributed by atoms with E-state index < -0.39 is 0 Å². The van der Waals surface area contributed by atoms with Gasteiger partial charge in [0.15, 0.2) is 5.82 Å². The Morgan fingerprint density at radius 1 is 1.26 bits per heavy atom. The molecule has 4 rings (SSSR count). The van der Waals surface area contributed by atoms with Crippen LogP contribution in [0.1, 0.15) is 36.0 Å². The minimum absolute atomic E-state index is 0.147. The third kappa shape index (κ3) is 3.89. The van der Waals surface area contributed by atoms with E-state index in [0.717, 1.165) is 36.6 Å². The summed E-state index contributed by atoms with van der Waals surface area (Å²) in [5.41, 5.74) is 0.950. The van der Waals surface area contributed by atoms with Crippen molar-refractivity contribution in [3.63, 3.8) is 0 Å². The van der Waals surface area contributed by atoms with Gasteiger partial charge in [0.2, 0.25) is 5.91 Å². The second kappa shape index (κ2) is 7.69. The number of carbonyl (C=O) groups is 1. The second-order valence-corrected chi connectivity index (χ2v) is 6.99. The highest BCUT2D eigenvalue weighted by Gasteiger charge is 2.28. The molecule has 27 heavy (non-hydrogen) atoms. The molecule has 0 saturated carbocycles. The Kier molecular flexibility index (Phi) is 4.95. The molecule has 1 fully saturated rings. The first-order valence-corrected chi connectivity index (χ1v) is 9.21. The molecule has 1 saturated heterocycles. The fraction of sp³-hybridized carbons (Fsp3) is 0.421. The number of piperidine rings is 1. The first-order valence-electron chi connectivity index (χ1n) is 9.21. The number of hydrogen-bond donors (Lipinski definition) is 0. The van der Waals surface area contributed by atoms with Crippen LogP contribution in [0.2, 0.25) is 0 Å². The van der Waals surface area contributed by atoms with Crippen molar-refractivity contribution in [1.82, 2.24) is 34.2 Å². The molecular weight excluding hydrogens is 342 g/mol. The fourth-order valence-electron chi connectivity index (χ4n) is 3.62. The lowest BCUT2D eigenvalue weighted by atomic mass is 9.96. The van der Waals surface area contributed by atoms with Gasteiger partial charge in [0.25, 0.3) is 0 Å². The normalized spacial score (nSPS) is 17.2. The summed E-state index contributed by atoms with van der Waals surface area (Å²) in [6, 6.07) is 3.81. The lowest BCUT2D eigenvalue weighted by molar-refractivity contribution is -0.131. The van der Waals surface area contributed by atoms with Crippen LogP contribution in [0.25, 0.3) is 0 Å². The van der Waals surface area contributed by atoms with E-state index in [0.29, 0.717) is 19.5 Å². The Hall–Kier alpha value is -3.03. The smallest absolute Gasteiger partial charge is 0.227 e. The van der Waals surface area contributed by atoms with Gasteiger partial charge in [-0.2, -0.15) is 0 Å². The molecule has 1 amide bonds. The molecule has 0 unspecified atom stereocenters. The third-order valence-corrected chi connectivity index (χ3v) is 5.10. The zero-order valence-electron chi connectivity index (χ0n) is 15.4. The summed E-state index contributed by atoms with van der Waals surface area (Å²) < 4.78 is 4.03. The molecule has 0 radical (unpaired) electrons. The van der Waals surface area contributed by atoms with E-state index in [-0.39, 0.29) is 11.8 Å². The van der Waals surface area contributed by atoms with Gasteiger partial charge in [0.1, 0.15) is 5.82 Å². The highest BCUT2D eigenvalue weighted by Crippen LogP contribution is 2.26. The molecule has 0 spiro atoms. The van der Waals surface area contributed by atoms with Gasteiger partial charge in [-0.1, -0.05) is 6.07 Å². The van der Waals surface area contributed by atoms with E-state index in [1.807, 2.05) is 34.8 Å². The van der Waals surface area contributed by atoms with Gasteiger partial charge in [-0.3, -0.25) is 9.78 Å². The van der Waals surface area contributed by atoms with E-state index in [1.54, 1.807) is 24.9 Å². The van der Waals surface area contributed by atoms with E-state index in [9.17, 15) is 4.79 Å². The van der Waals surface area contributed by atoms with Crippen LogP contribution in [-0.2, 0) is 24.8 Å². The minimum Gasteiger partial charge on any atom is -0.342 e. The molecule has 1 aliphatic heterocycles. The number of rotatable bonds is 5. The largest absolute Gasteiger partial charge is 0.342 e. The fourth-order valence-corrected chi connectivity index (χ4v) is 3.62. The van der Waals surface area contributed by atoms with Crippen LogP contribution in [0.15, 0.2) is 43.2 Å². The number of imidazole rings is 1. The molecule has 3 aromatic rings. The zero-order valence-corrected chi connectivity index (χ0v) is 15.4. The number of pyridine rings is 1. The van der Waals surface area contributed by atoms with Crippen LogP contribution < -0.4 is 0 Å². The van der Waals surface area contributed by atoms with E-state index in [2.05, 4.69) is 24.7 Å². The SMILES string of the molecule is Cn1c(Cn2ccnc2)nnc1[C@H]1CCCN(C(=O)Cc2cccnc2)C1. The third-order valence-electron chi connectivity index (χ3n) is 5.10. The summed E-state index contributed by atoms with van der Waals surface area (Å²) >= 11 is 0. The van der Waals surface area contributed by atoms with Crippen molar-refractivity contribution in [2.24, 2.45) is 7.05 Å². The highest BCUT2D eigenvalue weighted by atomic mass is 16.2. The maximum Gasteiger partial charge on any atom is 0.227 e. The lowest BCUT2D eigenvalue weighted by Crippen LogP contribution is -2.40. The molecule has 0 bridgehead atoms. The predicted molar refractivity (Wildman–Crippen MR) is 98.8 cm³/mol. The van der Waals surface area contributed by atoms with Crippen LogP contribution in [-0.4, -0.2) is 53.2 Å². The summed E-state index contributed by atoms with van der Waals surface area (Å²) in [6.45, 7) is 2.13. The molecule has 3 aromatic heterocycles. The van der Waals surface area contributed by atoms with Crippen molar-refractivity contribution in [2.45, 2.75) is 31.7 Å². The van der Waals surface area contributed by atoms with Crippen LogP contribution in [0.3, 0.4) is 0 Å². The van der Waals surface area contributed by atoms with E-state index in [4.69, 9.17) is 0 Å². The first-order chi connectivity index (χ1) is 13.2. The van der Waals surface area contributed by atoms with Crippen LogP contribution in [0.5, 0.6) is 0 Å². The van der Waals surface area contributed by atoms with Crippen molar-refractivity contribution >= 4 is 5.91 Å². The molecule has 140 valence electrons. The van der Waals surface area contributed by atoms with Gasteiger partial charge < -0.3 is 14.0 Å². The topological polar surface area (TPSA) is 81.7 Å². The molecule has 0 aliphatic carbocycles. The molecule has 1 atom stereocenters. The summed E-state index contributed by atoms with van der Waals surface area (Å²) in [5.74, 6) is 2.20. The van der Waals surface area contributed by atoms with Crippen LogP contribution >= 0.6 is 0 Å². The molecule has 0 aromatic carbocycles. The Labute approximate surface area is 157 Å². The van der Waals surface area contributed by atoms with E-state index in [1.165, 1.54) is 0 Å². The maximum atomic E-state index is 12.7. The maximum absolute atomic E-state index is 12.7. The standard InChI is InChI=1S/C19H23N7O/c1-24-17(13-25-9-7-21-14-25)22-23-19(24)16-5-3-8-26(12-16)18(27)10-15-4-2-6-20-11-15/h2,4,6-7,9,11,14,16H,3,5,8,10,12-13H2,1H3/t16-/m0/s1. The van der Waals surface area contributed by atoms with Crippen molar-refractivity contribution in [3.8, 4) is 0 Å². The second-order valence-electron chi connectivity index (χ2n) is 6.99. The van der Waals surface area contributed by atoms with Gasteiger partial charge in [0.05, 0.1) is 19.3 Å². The van der Waals surface area contributed by atoms with Gasteiger partial charge in [-0.25, -0.2) is 4.98 Å². The number of likely N-dealkylation sites (tertiary alicyclic amines) is 1. The summed E-state index contributed by atoms with van der Waals surface area (Å²) in [5, 5.41) is 8.79. The Morgan fingerprint density at radius 3 is 2.96 bits per heavy atom. The Balaban J connectivity index is 1.44. The Morgan fingerprint density at radius 2 is 2.19 bits per heavy atom.